The van der Waals surface area contributed by atoms with E-state index in [0.29, 0.717) is 37.3 Å². The fourth-order valence-corrected chi connectivity index (χ4v) is 2.90. The summed E-state index contributed by atoms with van der Waals surface area (Å²) in [6, 6.07) is 4.08. The van der Waals surface area contributed by atoms with E-state index in [1.54, 1.807) is 25.7 Å². The molecular formula is C18H21N3O6. The average Bonchev–Trinajstić information content (AvgIpc) is 2.99. The molecule has 1 saturated heterocycles. The van der Waals surface area contributed by atoms with Gasteiger partial charge in [0.25, 0.3) is 11.6 Å². The summed E-state index contributed by atoms with van der Waals surface area (Å²) in [5, 5.41) is 11.6. The molecule has 1 amide bonds. The molecule has 0 atom stereocenters. The van der Waals surface area contributed by atoms with Gasteiger partial charge in [0.2, 0.25) is 0 Å². The van der Waals surface area contributed by atoms with Crippen molar-refractivity contribution in [2.75, 3.05) is 26.3 Å². The second-order valence-corrected chi connectivity index (χ2v) is 7.26. The molecule has 1 aliphatic rings. The standard InChI is InChI=1S/C18H21N3O6/c1-18(2,3)27-17(23)20-11-14(16(22)19-6-8-26-9-7-19)13-5-4-12(21(24)25)10-15(13)20/h4-5,10-11H,6-9H2,1-3H3. The molecule has 1 aromatic carbocycles. The second kappa shape index (κ2) is 6.99. The Hall–Kier alpha value is -2.94. The molecule has 0 radical (unpaired) electrons. The molecule has 9 heteroatoms. The Kier molecular flexibility index (Phi) is 4.88. The topological polar surface area (TPSA) is 104 Å². The Bertz CT molecular complexity index is 906. The Morgan fingerprint density at radius 3 is 2.48 bits per heavy atom. The van der Waals surface area contributed by atoms with E-state index in [-0.39, 0.29) is 17.1 Å². The molecule has 2 aromatic rings. The monoisotopic (exact) mass is 375 g/mol. The lowest BCUT2D eigenvalue weighted by Crippen LogP contribution is -2.40. The van der Waals surface area contributed by atoms with E-state index in [9.17, 15) is 19.7 Å². The van der Waals surface area contributed by atoms with Crippen LogP contribution in [0.4, 0.5) is 10.5 Å². The first-order chi connectivity index (χ1) is 12.7. The van der Waals surface area contributed by atoms with Crippen molar-refractivity contribution in [2.45, 2.75) is 26.4 Å². The van der Waals surface area contributed by atoms with Crippen LogP contribution in [0, 0.1) is 10.1 Å². The summed E-state index contributed by atoms with van der Waals surface area (Å²) in [5.74, 6) is -0.250. The predicted octanol–water partition coefficient (Wildman–Crippen LogP) is 2.81. The number of carbonyl (C=O) groups is 2. The summed E-state index contributed by atoms with van der Waals surface area (Å²) in [7, 11) is 0. The third-order valence-corrected chi connectivity index (χ3v) is 4.12. The molecule has 9 nitrogen and oxygen atoms in total. The average molecular weight is 375 g/mol. The van der Waals surface area contributed by atoms with Crippen molar-refractivity contribution >= 4 is 28.6 Å². The molecule has 0 aliphatic carbocycles. The Morgan fingerprint density at radius 1 is 1.22 bits per heavy atom. The van der Waals surface area contributed by atoms with Crippen LogP contribution in [0.5, 0.6) is 0 Å². The van der Waals surface area contributed by atoms with Crippen LogP contribution < -0.4 is 0 Å². The van der Waals surface area contributed by atoms with Gasteiger partial charge in [-0.25, -0.2) is 4.79 Å². The van der Waals surface area contributed by atoms with Gasteiger partial charge in [-0.05, 0) is 26.8 Å². The lowest BCUT2D eigenvalue weighted by Gasteiger charge is -2.26. The molecule has 0 spiro atoms. The van der Waals surface area contributed by atoms with Crippen LogP contribution in [-0.2, 0) is 9.47 Å². The maximum absolute atomic E-state index is 12.9. The summed E-state index contributed by atoms with van der Waals surface area (Å²) < 4.78 is 11.8. The first kappa shape index (κ1) is 18.8. The number of morpholine rings is 1. The first-order valence-electron chi connectivity index (χ1n) is 8.57. The number of non-ortho nitro benzene ring substituents is 1. The van der Waals surface area contributed by atoms with Gasteiger partial charge in [-0.15, -0.1) is 0 Å². The third-order valence-electron chi connectivity index (χ3n) is 4.12. The highest BCUT2D eigenvalue weighted by atomic mass is 16.6. The van der Waals surface area contributed by atoms with E-state index in [2.05, 4.69) is 0 Å². The zero-order chi connectivity index (χ0) is 19.8. The van der Waals surface area contributed by atoms with Crippen LogP contribution in [0.3, 0.4) is 0 Å². The number of fused-ring (bicyclic) bond motifs is 1. The summed E-state index contributed by atoms with van der Waals surface area (Å²) in [6.07, 6.45) is 0.689. The van der Waals surface area contributed by atoms with Crippen LogP contribution in [0.1, 0.15) is 31.1 Å². The van der Waals surface area contributed by atoms with Crippen molar-refractivity contribution in [3.63, 3.8) is 0 Å². The third kappa shape index (κ3) is 3.92. The number of amides is 1. The highest BCUT2D eigenvalue weighted by molar-refractivity contribution is 6.09. The predicted molar refractivity (Wildman–Crippen MR) is 96.9 cm³/mol. The van der Waals surface area contributed by atoms with Crippen molar-refractivity contribution in [3.8, 4) is 0 Å². The van der Waals surface area contributed by atoms with Gasteiger partial charge in [0, 0.05) is 36.8 Å². The first-order valence-corrected chi connectivity index (χ1v) is 8.57. The van der Waals surface area contributed by atoms with Crippen molar-refractivity contribution in [1.29, 1.82) is 0 Å². The smallest absolute Gasteiger partial charge is 0.419 e. The normalized spacial score (nSPS) is 15.0. The van der Waals surface area contributed by atoms with Crippen molar-refractivity contribution < 1.29 is 24.0 Å². The van der Waals surface area contributed by atoms with Crippen molar-refractivity contribution in [2.24, 2.45) is 0 Å². The van der Waals surface area contributed by atoms with Gasteiger partial charge in [-0.1, -0.05) is 0 Å². The number of carbonyl (C=O) groups excluding carboxylic acids is 2. The van der Waals surface area contributed by atoms with Crippen LogP contribution in [0.2, 0.25) is 0 Å². The Morgan fingerprint density at radius 2 is 1.89 bits per heavy atom. The molecule has 0 N–H and O–H groups in total. The second-order valence-electron chi connectivity index (χ2n) is 7.26. The van der Waals surface area contributed by atoms with Crippen LogP contribution in [0.15, 0.2) is 24.4 Å². The summed E-state index contributed by atoms with van der Waals surface area (Å²) in [5.41, 5.74) is -0.360. The SMILES string of the molecule is CC(C)(C)OC(=O)n1cc(C(=O)N2CCOCC2)c2ccc([N+](=O)[O-])cc21. The Balaban J connectivity index is 2.10. The van der Waals surface area contributed by atoms with Crippen molar-refractivity contribution in [1.82, 2.24) is 9.47 Å². The number of nitro groups is 1. The molecule has 2 heterocycles. The number of benzene rings is 1. The number of rotatable bonds is 2. The Labute approximate surface area is 155 Å². The summed E-state index contributed by atoms with van der Waals surface area (Å²) in [4.78, 5) is 37.7. The van der Waals surface area contributed by atoms with Crippen LogP contribution in [0.25, 0.3) is 10.9 Å². The molecule has 144 valence electrons. The van der Waals surface area contributed by atoms with E-state index in [0.717, 1.165) is 4.57 Å². The van der Waals surface area contributed by atoms with Gasteiger partial charge in [-0.3, -0.25) is 19.5 Å². The summed E-state index contributed by atoms with van der Waals surface area (Å²) >= 11 is 0. The maximum atomic E-state index is 12.9. The molecule has 0 unspecified atom stereocenters. The van der Waals surface area contributed by atoms with Gasteiger partial charge >= 0.3 is 6.09 Å². The highest BCUT2D eigenvalue weighted by Gasteiger charge is 2.27. The van der Waals surface area contributed by atoms with Gasteiger partial charge < -0.3 is 14.4 Å². The minimum absolute atomic E-state index is 0.171. The van der Waals surface area contributed by atoms with Gasteiger partial charge in [0.05, 0.1) is 29.2 Å². The number of ether oxygens (including phenoxy) is 2. The van der Waals surface area contributed by atoms with E-state index in [4.69, 9.17) is 9.47 Å². The lowest BCUT2D eigenvalue weighted by molar-refractivity contribution is -0.384. The van der Waals surface area contributed by atoms with E-state index < -0.39 is 16.6 Å². The minimum atomic E-state index is -0.747. The fourth-order valence-electron chi connectivity index (χ4n) is 2.90. The maximum Gasteiger partial charge on any atom is 0.419 e. The minimum Gasteiger partial charge on any atom is -0.443 e. The quantitative estimate of drug-likeness (QED) is 0.590. The molecule has 1 aromatic heterocycles. The van der Waals surface area contributed by atoms with E-state index in [1.807, 2.05) is 0 Å². The van der Waals surface area contributed by atoms with E-state index in [1.165, 1.54) is 24.4 Å². The fraction of sp³-hybridized carbons (Fsp3) is 0.444. The zero-order valence-electron chi connectivity index (χ0n) is 15.4. The molecule has 0 saturated carbocycles. The number of hydrogen-bond acceptors (Lipinski definition) is 6. The largest absolute Gasteiger partial charge is 0.443 e. The number of aromatic nitrogens is 1. The van der Waals surface area contributed by atoms with E-state index >= 15 is 0 Å². The zero-order valence-corrected chi connectivity index (χ0v) is 15.4. The molecule has 27 heavy (non-hydrogen) atoms. The van der Waals surface area contributed by atoms with Crippen molar-refractivity contribution in [3.05, 3.63) is 40.1 Å². The van der Waals surface area contributed by atoms with Crippen LogP contribution >= 0.6 is 0 Å². The number of nitrogens with zero attached hydrogens (tertiary/aromatic N) is 3. The number of hydrogen-bond donors (Lipinski definition) is 0. The summed E-state index contributed by atoms with van der Waals surface area (Å²) in [6.45, 7) is 6.95. The highest BCUT2D eigenvalue weighted by Crippen LogP contribution is 2.28. The molecular weight excluding hydrogens is 354 g/mol. The van der Waals surface area contributed by atoms with Gasteiger partial charge in [0.15, 0.2) is 0 Å². The lowest BCUT2D eigenvalue weighted by atomic mass is 10.1. The molecule has 0 bridgehead atoms. The van der Waals surface area contributed by atoms with Gasteiger partial charge in [0.1, 0.15) is 5.60 Å². The van der Waals surface area contributed by atoms with Crippen LogP contribution in [-0.4, -0.2) is 58.3 Å². The number of nitro benzene ring substituents is 1. The molecule has 1 aliphatic heterocycles. The molecule has 3 rings (SSSR count). The van der Waals surface area contributed by atoms with Gasteiger partial charge in [-0.2, -0.15) is 0 Å². The molecule has 1 fully saturated rings.